The zero-order chi connectivity index (χ0) is 14.5. The number of nitrogen functional groups attached to an aromatic ring is 1. The van der Waals surface area contributed by atoms with Crippen LogP contribution in [0, 0.1) is 5.92 Å². The highest BCUT2D eigenvalue weighted by molar-refractivity contribution is 9.10. The second-order valence-electron chi connectivity index (χ2n) is 4.55. The van der Waals surface area contributed by atoms with Crippen LogP contribution in [0.3, 0.4) is 0 Å². The monoisotopic (exact) mass is 350 g/mol. The molecule has 0 fully saturated rings. The standard InChI is InChI=1S/C12H19BrN2O3S/c1-9(2)8-18-6-5-15-19(16,17)12-4-3-10(13)7-11(12)14/h3-4,7,9,15H,5-6,8,14H2,1-2H3. The van der Waals surface area contributed by atoms with E-state index in [1.165, 1.54) is 6.07 Å². The Morgan fingerprint density at radius 1 is 1.42 bits per heavy atom. The maximum Gasteiger partial charge on any atom is 0.242 e. The molecule has 19 heavy (non-hydrogen) atoms. The minimum absolute atomic E-state index is 0.0829. The highest BCUT2D eigenvalue weighted by Gasteiger charge is 2.16. The van der Waals surface area contributed by atoms with E-state index in [0.29, 0.717) is 19.1 Å². The molecule has 108 valence electrons. The first kappa shape index (κ1) is 16.4. The Kier molecular flexibility index (Phi) is 6.25. The summed E-state index contributed by atoms with van der Waals surface area (Å²) in [6.45, 7) is 5.25. The average molecular weight is 351 g/mol. The highest BCUT2D eigenvalue weighted by atomic mass is 79.9. The lowest BCUT2D eigenvalue weighted by Crippen LogP contribution is -2.28. The first-order valence-corrected chi connectivity index (χ1v) is 8.23. The number of nitrogens with one attached hydrogen (secondary N) is 1. The van der Waals surface area contributed by atoms with E-state index in [2.05, 4.69) is 20.7 Å². The molecule has 1 aromatic carbocycles. The zero-order valence-corrected chi connectivity index (χ0v) is 13.4. The fourth-order valence-corrected chi connectivity index (χ4v) is 2.91. The molecule has 0 aliphatic rings. The summed E-state index contributed by atoms with van der Waals surface area (Å²) in [6.07, 6.45) is 0. The Balaban J connectivity index is 2.56. The molecule has 0 spiro atoms. The van der Waals surface area contributed by atoms with Crippen molar-refractivity contribution in [2.75, 3.05) is 25.5 Å². The van der Waals surface area contributed by atoms with Crippen molar-refractivity contribution in [3.8, 4) is 0 Å². The third-order valence-electron chi connectivity index (χ3n) is 2.25. The van der Waals surface area contributed by atoms with Crippen molar-refractivity contribution >= 4 is 31.6 Å². The van der Waals surface area contributed by atoms with Crippen LogP contribution in [0.2, 0.25) is 0 Å². The number of benzene rings is 1. The molecular formula is C12H19BrN2O3S. The molecule has 0 aliphatic carbocycles. The lowest BCUT2D eigenvalue weighted by atomic mass is 10.2. The SMILES string of the molecule is CC(C)COCCNS(=O)(=O)c1ccc(Br)cc1N. The smallest absolute Gasteiger partial charge is 0.242 e. The van der Waals surface area contributed by atoms with E-state index in [4.69, 9.17) is 10.5 Å². The molecule has 0 unspecified atom stereocenters. The van der Waals surface area contributed by atoms with Crippen molar-refractivity contribution < 1.29 is 13.2 Å². The van der Waals surface area contributed by atoms with Gasteiger partial charge >= 0.3 is 0 Å². The van der Waals surface area contributed by atoms with Crippen LogP contribution in [0.25, 0.3) is 0 Å². The van der Waals surface area contributed by atoms with E-state index in [-0.39, 0.29) is 17.1 Å². The van der Waals surface area contributed by atoms with Crippen LogP contribution < -0.4 is 10.5 Å². The molecule has 0 amide bonds. The summed E-state index contributed by atoms with van der Waals surface area (Å²) in [4.78, 5) is 0.0829. The van der Waals surface area contributed by atoms with Crippen molar-refractivity contribution in [1.82, 2.24) is 4.72 Å². The van der Waals surface area contributed by atoms with Gasteiger partial charge in [-0.15, -0.1) is 0 Å². The van der Waals surface area contributed by atoms with Gasteiger partial charge in [-0.1, -0.05) is 29.8 Å². The molecule has 1 aromatic rings. The molecule has 0 aliphatic heterocycles. The lowest BCUT2D eigenvalue weighted by molar-refractivity contribution is 0.114. The number of hydrogen-bond acceptors (Lipinski definition) is 4. The number of hydrogen-bond donors (Lipinski definition) is 2. The molecule has 0 heterocycles. The molecular weight excluding hydrogens is 332 g/mol. The van der Waals surface area contributed by atoms with E-state index in [1.54, 1.807) is 12.1 Å². The second kappa shape index (κ2) is 7.23. The quantitative estimate of drug-likeness (QED) is 0.581. The Bertz CT molecular complexity index is 518. The summed E-state index contributed by atoms with van der Waals surface area (Å²) < 4.78 is 32.5. The van der Waals surface area contributed by atoms with Gasteiger partial charge in [-0.25, -0.2) is 13.1 Å². The van der Waals surface area contributed by atoms with Crippen LogP contribution in [0.1, 0.15) is 13.8 Å². The minimum atomic E-state index is -3.58. The van der Waals surface area contributed by atoms with E-state index >= 15 is 0 Å². The summed E-state index contributed by atoms with van der Waals surface area (Å²) in [7, 11) is -3.58. The Morgan fingerprint density at radius 2 is 2.11 bits per heavy atom. The van der Waals surface area contributed by atoms with Crippen molar-refractivity contribution in [1.29, 1.82) is 0 Å². The molecule has 1 rings (SSSR count). The molecule has 7 heteroatoms. The van der Waals surface area contributed by atoms with Gasteiger partial charge in [0.25, 0.3) is 0 Å². The summed E-state index contributed by atoms with van der Waals surface area (Å²) in [5.41, 5.74) is 5.91. The minimum Gasteiger partial charge on any atom is -0.398 e. The van der Waals surface area contributed by atoms with Crippen molar-refractivity contribution in [3.63, 3.8) is 0 Å². The van der Waals surface area contributed by atoms with Crippen molar-refractivity contribution in [2.24, 2.45) is 5.92 Å². The molecule has 0 bridgehead atoms. The number of nitrogens with two attached hydrogens (primary N) is 1. The first-order valence-electron chi connectivity index (χ1n) is 5.95. The third-order valence-corrected chi connectivity index (χ3v) is 4.28. The Morgan fingerprint density at radius 3 is 2.68 bits per heavy atom. The van der Waals surface area contributed by atoms with Crippen LogP contribution in [0.15, 0.2) is 27.6 Å². The van der Waals surface area contributed by atoms with E-state index in [1.807, 2.05) is 13.8 Å². The molecule has 3 N–H and O–H groups in total. The molecule has 0 saturated carbocycles. The molecule has 0 aromatic heterocycles. The largest absolute Gasteiger partial charge is 0.398 e. The van der Waals surface area contributed by atoms with Gasteiger partial charge in [0.15, 0.2) is 0 Å². The van der Waals surface area contributed by atoms with E-state index in [0.717, 1.165) is 4.47 Å². The number of rotatable bonds is 7. The second-order valence-corrected chi connectivity index (χ2v) is 7.20. The number of ether oxygens (including phenoxy) is 1. The van der Waals surface area contributed by atoms with E-state index in [9.17, 15) is 8.42 Å². The average Bonchev–Trinajstić information content (AvgIpc) is 2.27. The summed E-state index contributed by atoms with van der Waals surface area (Å²) in [5.74, 6) is 0.429. The normalized spacial score (nSPS) is 12.0. The van der Waals surface area contributed by atoms with Gasteiger partial charge in [-0.05, 0) is 24.1 Å². The van der Waals surface area contributed by atoms with E-state index < -0.39 is 10.0 Å². The maximum absolute atomic E-state index is 12.0. The highest BCUT2D eigenvalue weighted by Crippen LogP contribution is 2.22. The predicted octanol–water partition coefficient (Wildman–Crippen LogP) is 1.98. The summed E-state index contributed by atoms with van der Waals surface area (Å²) in [5, 5.41) is 0. The van der Waals surface area contributed by atoms with Crippen LogP contribution in [-0.2, 0) is 14.8 Å². The van der Waals surface area contributed by atoms with Crippen molar-refractivity contribution in [3.05, 3.63) is 22.7 Å². The third kappa shape index (κ3) is 5.48. The van der Waals surface area contributed by atoms with Gasteiger partial charge in [0.1, 0.15) is 4.90 Å². The fraction of sp³-hybridized carbons (Fsp3) is 0.500. The van der Waals surface area contributed by atoms with Gasteiger partial charge in [-0.2, -0.15) is 0 Å². The van der Waals surface area contributed by atoms with Crippen LogP contribution in [-0.4, -0.2) is 28.2 Å². The summed E-state index contributed by atoms with van der Waals surface area (Å²) >= 11 is 3.23. The Hall–Kier alpha value is -0.630. The zero-order valence-electron chi connectivity index (χ0n) is 11.0. The number of anilines is 1. The number of sulfonamides is 1. The van der Waals surface area contributed by atoms with Gasteiger partial charge in [0, 0.05) is 17.6 Å². The Labute approximate surface area is 122 Å². The van der Waals surface area contributed by atoms with Crippen LogP contribution in [0.4, 0.5) is 5.69 Å². The maximum atomic E-state index is 12.0. The number of halogens is 1. The fourth-order valence-electron chi connectivity index (χ4n) is 1.41. The topological polar surface area (TPSA) is 81.4 Å². The predicted molar refractivity (Wildman–Crippen MR) is 79.4 cm³/mol. The van der Waals surface area contributed by atoms with Crippen LogP contribution >= 0.6 is 15.9 Å². The lowest BCUT2D eigenvalue weighted by Gasteiger charge is -2.10. The van der Waals surface area contributed by atoms with Crippen molar-refractivity contribution in [2.45, 2.75) is 18.7 Å². The molecule has 0 saturated heterocycles. The molecule has 0 atom stereocenters. The molecule has 5 nitrogen and oxygen atoms in total. The van der Waals surface area contributed by atoms with Gasteiger partial charge in [0.2, 0.25) is 10.0 Å². The van der Waals surface area contributed by atoms with Gasteiger partial charge in [-0.3, -0.25) is 0 Å². The summed E-state index contributed by atoms with van der Waals surface area (Å²) in [6, 6.07) is 4.67. The van der Waals surface area contributed by atoms with Gasteiger partial charge < -0.3 is 10.5 Å². The first-order chi connectivity index (χ1) is 8.83. The van der Waals surface area contributed by atoms with Crippen LogP contribution in [0.5, 0.6) is 0 Å². The van der Waals surface area contributed by atoms with Gasteiger partial charge in [0.05, 0.1) is 12.3 Å². The molecule has 0 radical (unpaired) electrons.